The van der Waals surface area contributed by atoms with Gasteiger partial charge in [-0.1, -0.05) is 36.4 Å². The number of para-hydroxylation sites is 2. The van der Waals surface area contributed by atoms with Gasteiger partial charge in [-0.25, -0.2) is 0 Å². The van der Waals surface area contributed by atoms with E-state index in [0.29, 0.717) is 29.8 Å². The molecule has 0 atom stereocenters. The van der Waals surface area contributed by atoms with E-state index in [2.05, 4.69) is 11.1 Å². The van der Waals surface area contributed by atoms with Crippen LogP contribution in [0.15, 0.2) is 59.1 Å². The number of nitrogens with zero attached hydrogens (tertiary/aromatic N) is 3. The molecule has 24 heavy (non-hydrogen) atoms. The van der Waals surface area contributed by atoms with Crippen LogP contribution in [0.1, 0.15) is 18.1 Å². The van der Waals surface area contributed by atoms with Crippen molar-refractivity contribution in [3.8, 4) is 6.07 Å². The SMILES string of the molecule is CCN1C(=O)/C(=C(/C#N)C2=Nc3ccccc3C2)c2ccccc21. The molecule has 0 unspecified atom stereocenters. The summed E-state index contributed by atoms with van der Waals surface area (Å²) in [5, 5.41) is 9.77. The van der Waals surface area contributed by atoms with E-state index in [9.17, 15) is 10.1 Å². The zero-order chi connectivity index (χ0) is 16.7. The Balaban J connectivity index is 1.90. The fourth-order valence-electron chi connectivity index (χ4n) is 3.38. The maximum Gasteiger partial charge on any atom is 0.260 e. The largest absolute Gasteiger partial charge is 0.308 e. The fraction of sp³-hybridized carbons (Fsp3) is 0.150. The fourth-order valence-corrected chi connectivity index (χ4v) is 3.38. The van der Waals surface area contributed by atoms with Gasteiger partial charge in [0, 0.05) is 18.5 Å². The number of allylic oxidation sites excluding steroid dienone is 1. The maximum atomic E-state index is 12.9. The highest BCUT2D eigenvalue weighted by atomic mass is 16.2. The van der Waals surface area contributed by atoms with Gasteiger partial charge in [0.1, 0.15) is 6.07 Å². The first-order valence-corrected chi connectivity index (χ1v) is 7.96. The van der Waals surface area contributed by atoms with Crippen LogP contribution in [0.2, 0.25) is 0 Å². The molecule has 0 N–H and O–H groups in total. The summed E-state index contributed by atoms with van der Waals surface area (Å²) in [7, 11) is 0. The van der Waals surface area contributed by atoms with Crippen molar-refractivity contribution in [2.24, 2.45) is 4.99 Å². The van der Waals surface area contributed by atoms with Gasteiger partial charge in [-0.15, -0.1) is 0 Å². The highest BCUT2D eigenvalue weighted by molar-refractivity contribution is 6.38. The lowest BCUT2D eigenvalue weighted by atomic mass is 9.96. The molecule has 4 nitrogen and oxygen atoms in total. The third-order valence-corrected chi connectivity index (χ3v) is 4.49. The third kappa shape index (κ3) is 1.99. The summed E-state index contributed by atoms with van der Waals surface area (Å²) in [5.74, 6) is -0.117. The highest BCUT2D eigenvalue weighted by Crippen LogP contribution is 2.39. The van der Waals surface area contributed by atoms with Crippen LogP contribution in [0.25, 0.3) is 5.57 Å². The van der Waals surface area contributed by atoms with Crippen molar-refractivity contribution < 1.29 is 4.79 Å². The molecule has 1 amide bonds. The second kappa shape index (κ2) is 5.47. The minimum Gasteiger partial charge on any atom is -0.308 e. The van der Waals surface area contributed by atoms with Crippen LogP contribution < -0.4 is 4.90 Å². The maximum absolute atomic E-state index is 12.9. The van der Waals surface area contributed by atoms with Crippen LogP contribution >= 0.6 is 0 Å². The molecule has 2 aliphatic heterocycles. The average molecular weight is 313 g/mol. The average Bonchev–Trinajstić information content (AvgIpc) is 3.15. The van der Waals surface area contributed by atoms with Gasteiger partial charge in [0.2, 0.25) is 0 Å². The van der Waals surface area contributed by atoms with Gasteiger partial charge in [-0.3, -0.25) is 9.79 Å². The summed E-state index contributed by atoms with van der Waals surface area (Å²) in [4.78, 5) is 19.2. The number of fused-ring (bicyclic) bond motifs is 2. The summed E-state index contributed by atoms with van der Waals surface area (Å²) in [5.41, 5.74) is 5.19. The molecule has 0 bridgehead atoms. The lowest BCUT2D eigenvalue weighted by Gasteiger charge is -2.13. The second-order valence-corrected chi connectivity index (χ2v) is 5.79. The van der Waals surface area contributed by atoms with Gasteiger partial charge in [-0.05, 0) is 24.6 Å². The lowest BCUT2D eigenvalue weighted by molar-refractivity contribution is -0.113. The second-order valence-electron chi connectivity index (χ2n) is 5.79. The Morgan fingerprint density at radius 2 is 1.96 bits per heavy atom. The molecule has 2 heterocycles. The zero-order valence-corrected chi connectivity index (χ0v) is 13.3. The van der Waals surface area contributed by atoms with Gasteiger partial charge in [0.25, 0.3) is 5.91 Å². The van der Waals surface area contributed by atoms with E-state index in [1.807, 2.05) is 55.5 Å². The van der Waals surface area contributed by atoms with E-state index in [4.69, 9.17) is 0 Å². The normalized spacial score (nSPS) is 17.2. The van der Waals surface area contributed by atoms with Gasteiger partial charge in [0.05, 0.1) is 28.2 Å². The monoisotopic (exact) mass is 313 g/mol. The molecule has 2 aromatic carbocycles. The number of likely N-dealkylation sites (N-methyl/N-ethyl adjacent to an activating group) is 1. The first-order chi connectivity index (χ1) is 11.7. The number of anilines is 1. The third-order valence-electron chi connectivity index (χ3n) is 4.49. The molecule has 0 radical (unpaired) electrons. The summed E-state index contributed by atoms with van der Waals surface area (Å²) in [6.07, 6.45) is 0.587. The molecule has 116 valence electrons. The highest BCUT2D eigenvalue weighted by Gasteiger charge is 2.35. The minimum atomic E-state index is -0.117. The number of nitriles is 1. The van der Waals surface area contributed by atoms with Crippen LogP contribution in [0, 0.1) is 11.3 Å². The van der Waals surface area contributed by atoms with Crippen LogP contribution in [-0.4, -0.2) is 18.2 Å². The predicted molar refractivity (Wildman–Crippen MR) is 94.2 cm³/mol. The van der Waals surface area contributed by atoms with E-state index in [1.165, 1.54) is 0 Å². The Bertz CT molecular complexity index is 963. The number of amides is 1. The molecule has 0 saturated carbocycles. The topological polar surface area (TPSA) is 56.5 Å². The summed E-state index contributed by atoms with van der Waals surface area (Å²) >= 11 is 0. The van der Waals surface area contributed by atoms with Crippen LogP contribution in [-0.2, 0) is 11.2 Å². The molecule has 4 rings (SSSR count). The molecule has 0 aromatic heterocycles. The van der Waals surface area contributed by atoms with Crippen molar-refractivity contribution in [2.75, 3.05) is 11.4 Å². The van der Waals surface area contributed by atoms with Crippen molar-refractivity contribution in [2.45, 2.75) is 13.3 Å². The van der Waals surface area contributed by atoms with Gasteiger partial charge in [-0.2, -0.15) is 5.26 Å². The number of hydrogen-bond donors (Lipinski definition) is 0. The zero-order valence-electron chi connectivity index (χ0n) is 13.3. The number of rotatable bonds is 2. The first-order valence-electron chi connectivity index (χ1n) is 7.96. The van der Waals surface area contributed by atoms with Crippen LogP contribution in [0.5, 0.6) is 0 Å². The summed E-state index contributed by atoms with van der Waals surface area (Å²) in [6.45, 7) is 2.51. The van der Waals surface area contributed by atoms with Crippen LogP contribution in [0.3, 0.4) is 0 Å². The number of carbonyl (C=O) groups is 1. The smallest absolute Gasteiger partial charge is 0.260 e. The lowest BCUT2D eigenvalue weighted by Crippen LogP contribution is -2.26. The summed E-state index contributed by atoms with van der Waals surface area (Å²) < 4.78 is 0. The quantitative estimate of drug-likeness (QED) is 0.627. The Morgan fingerprint density at radius 1 is 1.21 bits per heavy atom. The Labute approximate surface area is 140 Å². The molecule has 0 spiro atoms. The molecule has 4 heteroatoms. The molecular weight excluding hydrogens is 298 g/mol. The van der Waals surface area contributed by atoms with E-state index in [0.717, 1.165) is 22.5 Å². The predicted octanol–water partition coefficient (Wildman–Crippen LogP) is 3.66. The molecule has 0 saturated heterocycles. The standard InChI is InChI=1S/C20H15N3O/c1-2-23-18-10-6-4-8-14(18)19(20(23)24)15(12-21)17-11-13-7-3-5-9-16(13)22-17/h3-10H,2,11H2,1H3/b19-15-. The number of carbonyl (C=O) groups excluding carboxylic acids is 1. The Hall–Kier alpha value is -3.19. The van der Waals surface area contributed by atoms with E-state index >= 15 is 0 Å². The molecule has 2 aliphatic rings. The Morgan fingerprint density at radius 3 is 2.71 bits per heavy atom. The van der Waals surface area contributed by atoms with Gasteiger partial charge >= 0.3 is 0 Å². The van der Waals surface area contributed by atoms with Crippen molar-refractivity contribution in [3.63, 3.8) is 0 Å². The van der Waals surface area contributed by atoms with Crippen molar-refractivity contribution in [3.05, 3.63) is 65.2 Å². The van der Waals surface area contributed by atoms with Gasteiger partial charge < -0.3 is 4.90 Å². The summed E-state index contributed by atoms with van der Waals surface area (Å²) in [6, 6.07) is 17.7. The van der Waals surface area contributed by atoms with Crippen molar-refractivity contribution in [1.82, 2.24) is 0 Å². The number of hydrogen-bond acceptors (Lipinski definition) is 3. The van der Waals surface area contributed by atoms with Crippen LogP contribution in [0.4, 0.5) is 11.4 Å². The first kappa shape index (κ1) is 14.4. The Kier molecular flexibility index (Phi) is 3.28. The van der Waals surface area contributed by atoms with E-state index in [-0.39, 0.29) is 5.91 Å². The van der Waals surface area contributed by atoms with Gasteiger partial charge in [0.15, 0.2) is 0 Å². The molecular formula is C20H15N3O. The van der Waals surface area contributed by atoms with Crippen molar-refractivity contribution >= 4 is 28.6 Å². The molecule has 2 aromatic rings. The number of aliphatic imine (C=N–C) groups is 1. The number of benzene rings is 2. The van der Waals surface area contributed by atoms with Crippen molar-refractivity contribution in [1.29, 1.82) is 5.26 Å². The molecule has 0 aliphatic carbocycles. The molecule has 0 fully saturated rings. The van der Waals surface area contributed by atoms with E-state index in [1.54, 1.807) is 4.90 Å². The minimum absolute atomic E-state index is 0.117. The van der Waals surface area contributed by atoms with E-state index < -0.39 is 0 Å².